The zero-order valence-electron chi connectivity index (χ0n) is 17.9. The van der Waals surface area contributed by atoms with Gasteiger partial charge in [-0.1, -0.05) is 42.1 Å². The number of para-hydroxylation sites is 2. The maximum atomic E-state index is 12.8. The maximum absolute atomic E-state index is 12.8. The highest BCUT2D eigenvalue weighted by Crippen LogP contribution is 2.47. The number of carbonyl (C=O) groups is 1. The fraction of sp³-hybridized carbons (Fsp3) is 0.240. The number of rotatable bonds is 7. The molecule has 3 aromatic carbocycles. The van der Waals surface area contributed by atoms with E-state index >= 15 is 0 Å². The Hall–Kier alpha value is -3.12. The number of methoxy groups -OCH3 is 2. The van der Waals surface area contributed by atoms with Crippen molar-refractivity contribution in [3.8, 4) is 11.5 Å². The molecule has 0 radical (unpaired) electrons. The molecule has 4 rings (SSSR count). The van der Waals surface area contributed by atoms with Gasteiger partial charge in [-0.05, 0) is 48.9 Å². The van der Waals surface area contributed by atoms with Crippen molar-refractivity contribution in [2.75, 3.05) is 25.7 Å². The largest absolute Gasteiger partial charge is 0.493 e. The molecule has 1 aliphatic heterocycles. The standard InChI is InChI=1S/C25H26N2O3S/c1-17(18-12-13-21(29-2)22(16-18)30-3)26-25(28)14-15-27-19-8-4-6-10-23(19)31-24-11-7-5-9-20(24)27/h4-13,16-17H,14-15H2,1-3H3,(H,26,28). The molecule has 160 valence electrons. The normalized spacial score (nSPS) is 13.1. The molecule has 1 aliphatic rings. The molecule has 0 bridgehead atoms. The van der Waals surface area contributed by atoms with Gasteiger partial charge in [0.1, 0.15) is 0 Å². The topological polar surface area (TPSA) is 50.8 Å². The molecule has 0 fully saturated rings. The minimum absolute atomic E-state index is 0.00970. The summed E-state index contributed by atoms with van der Waals surface area (Å²) in [6, 6.07) is 22.2. The summed E-state index contributed by atoms with van der Waals surface area (Å²) in [4.78, 5) is 17.4. The zero-order chi connectivity index (χ0) is 21.8. The Labute approximate surface area is 187 Å². The first-order chi connectivity index (χ1) is 15.1. The van der Waals surface area contributed by atoms with Gasteiger partial charge in [0.15, 0.2) is 11.5 Å². The smallest absolute Gasteiger partial charge is 0.222 e. The maximum Gasteiger partial charge on any atom is 0.222 e. The fourth-order valence-electron chi connectivity index (χ4n) is 3.75. The van der Waals surface area contributed by atoms with E-state index in [1.807, 2.05) is 37.3 Å². The highest BCUT2D eigenvalue weighted by Gasteiger charge is 2.23. The second-order valence-corrected chi connectivity index (χ2v) is 8.43. The molecule has 31 heavy (non-hydrogen) atoms. The van der Waals surface area contributed by atoms with Gasteiger partial charge < -0.3 is 19.7 Å². The van der Waals surface area contributed by atoms with Crippen LogP contribution in [-0.4, -0.2) is 26.7 Å². The number of ether oxygens (including phenoxy) is 2. The number of hydrogen-bond acceptors (Lipinski definition) is 5. The Bertz CT molecular complexity index is 1040. The minimum atomic E-state index is -0.135. The molecule has 0 saturated carbocycles. The number of carbonyl (C=O) groups excluding carboxylic acids is 1. The summed E-state index contributed by atoms with van der Waals surface area (Å²) in [5.41, 5.74) is 3.26. The van der Waals surface area contributed by atoms with Crippen LogP contribution in [0.15, 0.2) is 76.5 Å². The molecule has 1 heterocycles. The van der Waals surface area contributed by atoms with Crippen molar-refractivity contribution in [3.63, 3.8) is 0 Å². The van der Waals surface area contributed by atoms with Crippen molar-refractivity contribution >= 4 is 29.0 Å². The van der Waals surface area contributed by atoms with Gasteiger partial charge in [0.05, 0.1) is 31.6 Å². The molecule has 1 N–H and O–H groups in total. The molecule has 0 spiro atoms. The Kier molecular flexibility index (Phi) is 6.37. The van der Waals surface area contributed by atoms with Crippen molar-refractivity contribution in [1.29, 1.82) is 0 Å². The van der Waals surface area contributed by atoms with Crippen LogP contribution in [0.2, 0.25) is 0 Å². The summed E-state index contributed by atoms with van der Waals surface area (Å²) in [5, 5.41) is 3.11. The van der Waals surface area contributed by atoms with E-state index in [2.05, 4.69) is 46.6 Å². The Morgan fingerprint density at radius 3 is 2.16 bits per heavy atom. The lowest BCUT2D eigenvalue weighted by molar-refractivity contribution is -0.121. The van der Waals surface area contributed by atoms with E-state index in [4.69, 9.17) is 9.47 Å². The summed E-state index contributed by atoms with van der Waals surface area (Å²) in [6.07, 6.45) is 0.394. The van der Waals surface area contributed by atoms with Crippen LogP contribution < -0.4 is 19.7 Å². The molecule has 0 aromatic heterocycles. The molecule has 6 heteroatoms. The lowest BCUT2D eigenvalue weighted by Gasteiger charge is -2.32. The number of nitrogens with one attached hydrogen (secondary N) is 1. The molecule has 5 nitrogen and oxygen atoms in total. The average molecular weight is 435 g/mol. The quantitative estimate of drug-likeness (QED) is 0.527. The van der Waals surface area contributed by atoms with Crippen molar-refractivity contribution in [1.82, 2.24) is 5.32 Å². The Morgan fingerprint density at radius 2 is 1.55 bits per heavy atom. The van der Waals surface area contributed by atoms with Gasteiger partial charge >= 0.3 is 0 Å². The number of anilines is 2. The molecular weight excluding hydrogens is 408 g/mol. The van der Waals surface area contributed by atoms with Gasteiger partial charge in [0.25, 0.3) is 0 Å². The highest BCUT2D eigenvalue weighted by atomic mass is 32.2. The van der Waals surface area contributed by atoms with Gasteiger partial charge in [-0.25, -0.2) is 0 Å². The molecule has 0 saturated heterocycles. The third-order valence-corrected chi connectivity index (χ3v) is 6.51. The Morgan fingerprint density at radius 1 is 0.935 bits per heavy atom. The van der Waals surface area contributed by atoms with E-state index in [1.54, 1.807) is 26.0 Å². The van der Waals surface area contributed by atoms with Crippen LogP contribution in [0.4, 0.5) is 11.4 Å². The third kappa shape index (κ3) is 4.49. The number of benzene rings is 3. The average Bonchev–Trinajstić information content (AvgIpc) is 2.81. The van der Waals surface area contributed by atoms with E-state index < -0.39 is 0 Å². The molecule has 1 amide bonds. The van der Waals surface area contributed by atoms with Crippen LogP contribution >= 0.6 is 11.8 Å². The van der Waals surface area contributed by atoms with Crippen molar-refractivity contribution in [2.45, 2.75) is 29.2 Å². The summed E-state index contributed by atoms with van der Waals surface area (Å²) >= 11 is 1.77. The van der Waals surface area contributed by atoms with Crippen molar-refractivity contribution in [3.05, 3.63) is 72.3 Å². The highest BCUT2D eigenvalue weighted by molar-refractivity contribution is 7.99. The number of nitrogens with zero attached hydrogens (tertiary/aromatic N) is 1. The predicted octanol–water partition coefficient (Wildman–Crippen LogP) is 5.57. The number of fused-ring (bicyclic) bond motifs is 2. The van der Waals surface area contributed by atoms with E-state index in [1.165, 1.54) is 9.79 Å². The molecule has 3 aromatic rings. The number of amides is 1. The van der Waals surface area contributed by atoms with Gasteiger partial charge in [-0.3, -0.25) is 4.79 Å². The lowest BCUT2D eigenvalue weighted by atomic mass is 10.1. The molecule has 1 atom stereocenters. The second kappa shape index (κ2) is 9.35. The first kappa shape index (κ1) is 21.1. The van der Waals surface area contributed by atoms with Crippen LogP contribution in [0, 0.1) is 0 Å². The monoisotopic (exact) mass is 434 g/mol. The Balaban J connectivity index is 1.45. The van der Waals surface area contributed by atoms with Crippen LogP contribution in [0.1, 0.15) is 24.9 Å². The van der Waals surface area contributed by atoms with Gasteiger partial charge in [-0.2, -0.15) is 0 Å². The summed E-state index contributed by atoms with van der Waals surface area (Å²) < 4.78 is 10.7. The van der Waals surface area contributed by atoms with Crippen LogP contribution in [0.25, 0.3) is 0 Å². The second-order valence-electron chi connectivity index (χ2n) is 7.34. The van der Waals surface area contributed by atoms with Crippen molar-refractivity contribution < 1.29 is 14.3 Å². The molecule has 0 aliphatic carbocycles. The molecule has 1 unspecified atom stereocenters. The summed E-state index contributed by atoms with van der Waals surface area (Å²) in [6.45, 7) is 2.58. The lowest BCUT2D eigenvalue weighted by Crippen LogP contribution is -2.31. The fourth-order valence-corrected chi connectivity index (χ4v) is 4.85. The van der Waals surface area contributed by atoms with Gasteiger partial charge in [0.2, 0.25) is 5.91 Å². The SMILES string of the molecule is COc1ccc(C(C)NC(=O)CCN2c3ccccc3Sc3ccccc32)cc1OC. The van der Waals surface area contributed by atoms with Gasteiger partial charge in [0, 0.05) is 22.8 Å². The third-order valence-electron chi connectivity index (χ3n) is 5.38. The minimum Gasteiger partial charge on any atom is -0.493 e. The van der Waals surface area contributed by atoms with Gasteiger partial charge in [-0.15, -0.1) is 0 Å². The molecular formula is C25H26N2O3S. The van der Waals surface area contributed by atoms with E-state index in [9.17, 15) is 4.79 Å². The predicted molar refractivity (Wildman–Crippen MR) is 125 cm³/mol. The van der Waals surface area contributed by atoms with E-state index in [0.29, 0.717) is 24.5 Å². The van der Waals surface area contributed by atoms with E-state index in [0.717, 1.165) is 16.9 Å². The summed E-state index contributed by atoms with van der Waals surface area (Å²) in [7, 11) is 3.22. The van der Waals surface area contributed by atoms with Crippen molar-refractivity contribution in [2.24, 2.45) is 0 Å². The van der Waals surface area contributed by atoms with Crippen LogP contribution in [0.5, 0.6) is 11.5 Å². The summed E-state index contributed by atoms with van der Waals surface area (Å²) in [5.74, 6) is 1.33. The van der Waals surface area contributed by atoms with E-state index in [-0.39, 0.29) is 11.9 Å². The first-order valence-electron chi connectivity index (χ1n) is 10.3. The van der Waals surface area contributed by atoms with Crippen LogP contribution in [0.3, 0.4) is 0 Å². The van der Waals surface area contributed by atoms with Crippen LogP contribution in [-0.2, 0) is 4.79 Å². The number of hydrogen-bond donors (Lipinski definition) is 1. The zero-order valence-corrected chi connectivity index (χ0v) is 18.7. The first-order valence-corrected chi connectivity index (χ1v) is 11.1.